The molecule has 4 heteroatoms. The summed E-state index contributed by atoms with van der Waals surface area (Å²) in [6.45, 7) is 1.76. The van der Waals surface area contributed by atoms with Crippen molar-refractivity contribution in [3.63, 3.8) is 0 Å². The Hall–Kier alpha value is -1.22. The van der Waals surface area contributed by atoms with Crippen LogP contribution in [0.25, 0.3) is 0 Å². The van der Waals surface area contributed by atoms with E-state index < -0.39 is 6.10 Å². The highest BCUT2D eigenvalue weighted by atomic mass is 35.5. The monoisotopic (exact) mass is 267 g/mol. The van der Waals surface area contributed by atoms with E-state index in [-0.39, 0.29) is 5.91 Å². The van der Waals surface area contributed by atoms with Gasteiger partial charge in [-0.2, -0.15) is 0 Å². The first-order chi connectivity index (χ1) is 8.65. The van der Waals surface area contributed by atoms with E-state index in [1.54, 1.807) is 31.2 Å². The van der Waals surface area contributed by atoms with Crippen LogP contribution in [0.5, 0.6) is 5.75 Å². The Balaban J connectivity index is 1.86. The fraction of sp³-hybridized carbons (Fsp3) is 0.500. The zero-order valence-corrected chi connectivity index (χ0v) is 11.2. The molecular weight excluding hydrogens is 250 g/mol. The van der Waals surface area contributed by atoms with Gasteiger partial charge in [-0.25, -0.2) is 0 Å². The molecule has 1 aliphatic rings. The third kappa shape index (κ3) is 3.64. The molecule has 98 valence electrons. The summed E-state index contributed by atoms with van der Waals surface area (Å²) in [5.74, 6) is 0.568. The van der Waals surface area contributed by atoms with Crippen molar-refractivity contribution in [1.82, 2.24) is 5.32 Å². The molecule has 0 spiro atoms. The maximum atomic E-state index is 11.9. The van der Waals surface area contributed by atoms with Crippen LogP contribution < -0.4 is 10.1 Å². The van der Waals surface area contributed by atoms with E-state index in [0.29, 0.717) is 16.8 Å². The van der Waals surface area contributed by atoms with E-state index in [1.165, 1.54) is 12.8 Å². The maximum absolute atomic E-state index is 11.9. The number of nitrogens with one attached hydrogen (secondary N) is 1. The molecule has 0 bridgehead atoms. The van der Waals surface area contributed by atoms with Gasteiger partial charge in [-0.3, -0.25) is 4.79 Å². The largest absolute Gasteiger partial charge is 0.481 e. The molecule has 0 saturated heterocycles. The molecule has 1 amide bonds. The van der Waals surface area contributed by atoms with Gasteiger partial charge >= 0.3 is 0 Å². The smallest absolute Gasteiger partial charge is 0.260 e. The van der Waals surface area contributed by atoms with Gasteiger partial charge in [-0.05, 0) is 38.0 Å². The minimum Gasteiger partial charge on any atom is -0.481 e. The Bertz CT molecular complexity index is 416. The third-order valence-electron chi connectivity index (χ3n) is 3.18. The molecule has 0 heterocycles. The Morgan fingerprint density at radius 1 is 1.44 bits per heavy atom. The predicted molar refractivity (Wildman–Crippen MR) is 71.9 cm³/mol. The highest BCUT2D eigenvalue weighted by Gasteiger charge is 2.21. The van der Waals surface area contributed by atoms with Gasteiger partial charge in [0.2, 0.25) is 0 Å². The average molecular weight is 268 g/mol. The zero-order chi connectivity index (χ0) is 13.0. The SMILES string of the molecule is CC(Oc1cccc(Cl)c1)C(=O)NC1CCCC1. The number of hydrogen-bond donors (Lipinski definition) is 1. The fourth-order valence-corrected chi connectivity index (χ4v) is 2.37. The van der Waals surface area contributed by atoms with Gasteiger partial charge < -0.3 is 10.1 Å². The van der Waals surface area contributed by atoms with Crippen molar-refractivity contribution < 1.29 is 9.53 Å². The van der Waals surface area contributed by atoms with Gasteiger partial charge in [-0.15, -0.1) is 0 Å². The molecule has 0 aromatic heterocycles. The van der Waals surface area contributed by atoms with Crippen molar-refractivity contribution in [3.05, 3.63) is 29.3 Å². The summed E-state index contributed by atoms with van der Waals surface area (Å²) in [4.78, 5) is 11.9. The van der Waals surface area contributed by atoms with Crippen LogP contribution in [-0.2, 0) is 4.79 Å². The lowest BCUT2D eigenvalue weighted by atomic mass is 10.2. The molecular formula is C14H18ClNO2. The highest BCUT2D eigenvalue weighted by molar-refractivity contribution is 6.30. The number of carbonyl (C=O) groups is 1. The first kappa shape index (κ1) is 13.2. The topological polar surface area (TPSA) is 38.3 Å². The summed E-state index contributed by atoms with van der Waals surface area (Å²) in [5.41, 5.74) is 0. The van der Waals surface area contributed by atoms with Crippen molar-refractivity contribution in [2.75, 3.05) is 0 Å². The van der Waals surface area contributed by atoms with Crippen molar-refractivity contribution in [2.45, 2.75) is 44.8 Å². The molecule has 1 atom stereocenters. The van der Waals surface area contributed by atoms with Crippen LogP contribution in [0.1, 0.15) is 32.6 Å². The second kappa shape index (κ2) is 6.10. The van der Waals surface area contributed by atoms with Gasteiger partial charge in [0.15, 0.2) is 6.10 Å². The van der Waals surface area contributed by atoms with Crippen molar-refractivity contribution >= 4 is 17.5 Å². The molecule has 1 N–H and O–H groups in total. The second-order valence-corrected chi connectivity index (χ2v) is 5.14. The molecule has 0 aliphatic heterocycles. The van der Waals surface area contributed by atoms with E-state index >= 15 is 0 Å². The summed E-state index contributed by atoms with van der Waals surface area (Å²) in [7, 11) is 0. The Kier molecular flexibility index (Phi) is 4.48. The molecule has 1 fully saturated rings. The minimum absolute atomic E-state index is 0.0538. The molecule has 0 radical (unpaired) electrons. The first-order valence-electron chi connectivity index (χ1n) is 6.38. The van der Waals surface area contributed by atoms with Crippen LogP contribution in [0.2, 0.25) is 5.02 Å². The van der Waals surface area contributed by atoms with Crippen molar-refractivity contribution in [3.8, 4) is 5.75 Å². The molecule has 1 aromatic carbocycles. The lowest BCUT2D eigenvalue weighted by molar-refractivity contribution is -0.127. The molecule has 1 saturated carbocycles. The third-order valence-corrected chi connectivity index (χ3v) is 3.41. The summed E-state index contributed by atoms with van der Waals surface area (Å²) in [5, 5.41) is 3.62. The average Bonchev–Trinajstić information content (AvgIpc) is 2.81. The number of carbonyl (C=O) groups excluding carboxylic acids is 1. The first-order valence-corrected chi connectivity index (χ1v) is 6.75. The van der Waals surface area contributed by atoms with Gasteiger partial charge in [0.05, 0.1) is 0 Å². The summed E-state index contributed by atoms with van der Waals surface area (Å²) in [6, 6.07) is 7.41. The standard InChI is InChI=1S/C14H18ClNO2/c1-10(14(17)16-12-6-2-3-7-12)18-13-8-4-5-11(15)9-13/h4-5,8-10,12H,2-3,6-7H2,1H3,(H,16,17). The predicted octanol–water partition coefficient (Wildman–Crippen LogP) is 3.17. The van der Waals surface area contributed by atoms with Crippen molar-refractivity contribution in [2.24, 2.45) is 0 Å². The summed E-state index contributed by atoms with van der Waals surface area (Å²) in [6.07, 6.45) is 4.07. The van der Waals surface area contributed by atoms with Crippen LogP contribution in [-0.4, -0.2) is 18.1 Å². The molecule has 2 rings (SSSR count). The number of halogens is 1. The number of benzene rings is 1. The fourth-order valence-electron chi connectivity index (χ4n) is 2.19. The highest BCUT2D eigenvalue weighted by Crippen LogP contribution is 2.20. The van der Waals surface area contributed by atoms with Crippen LogP contribution in [0.3, 0.4) is 0 Å². The Labute approximate surface area is 112 Å². The molecule has 1 aromatic rings. The Morgan fingerprint density at radius 2 is 2.17 bits per heavy atom. The maximum Gasteiger partial charge on any atom is 0.260 e. The summed E-state index contributed by atoms with van der Waals surface area (Å²) < 4.78 is 5.57. The van der Waals surface area contributed by atoms with Gasteiger partial charge in [0.1, 0.15) is 5.75 Å². The van der Waals surface area contributed by atoms with Gasteiger partial charge in [-0.1, -0.05) is 30.5 Å². The number of hydrogen-bond acceptors (Lipinski definition) is 2. The molecule has 18 heavy (non-hydrogen) atoms. The quantitative estimate of drug-likeness (QED) is 0.910. The van der Waals surface area contributed by atoms with Crippen LogP contribution in [0, 0.1) is 0 Å². The molecule has 3 nitrogen and oxygen atoms in total. The van der Waals surface area contributed by atoms with E-state index in [1.807, 2.05) is 0 Å². The number of ether oxygens (including phenoxy) is 1. The minimum atomic E-state index is -0.496. The lowest BCUT2D eigenvalue weighted by Gasteiger charge is -2.18. The zero-order valence-electron chi connectivity index (χ0n) is 10.5. The number of rotatable bonds is 4. The second-order valence-electron chi connectivity index (χ2n) is 4.71. The van der Waals surface area contributed by atoms with Crippen LogP contribution in [0.15, 0.2) is 24.3 Å². The van der Waals surface area contributed by atoms with Gasteiger partial charge in [0, 0.05) is 11.1 Å². The molecule has 1 aliphatic carbocycles. The normalized spacial score (nSPS) is 17.4. The molecule has 1 unspecified atom stereocenters. The number of amides is 1. The van der Waals surface area contributed by atoms with E-state index in [2.05, 4.69) is 5.32 Å². The van der Waals surface area contributed by atoms with Crippen molar-refractivity contribution in [1.29, 1.82) is 0 Å². The lowest BCUT2D eigenvalue weighted by Crippen LogP contribution is -2.41. The summed E-state index contributed by atoms with van der Waals surface area (Å²) >= 11 is 5.86. The van der Waals surface area contributed by atoms with E-state index in [4.69, 9.17) is 16.3 Å². The van der Waals surface area contributed by atoms with Gasteiger partial charge in [0.25, 0.3) is 5.91 Å². The van der Waals surface area contributed by atoms with Crippen LogP contribution >= 0.6 is 11.6 Å². The van der Waals surface area contributed by atoms with E-state index in [0.717, 1.165) is 12.8 Å². The van der Waals surface area contributed by atoms with E-state index in [9.17, 15) is 4.79 Å². The van der Waals surface area contributed by atoms with Crippen LogP contribution in [0.4, 0.5) is 0 Å². The Morgan fingerprint density at radius 3 is 2.83 bits per heavy atom.